The van der Waals surface area contributed by atoms with E-state index in [4.69, 9.17) is 9.72 Å². The number of aromatic nitrogens is 2. The zero-order chi connectivity index (χ0) is 27.8. The third-order valence-corrected chi connectivity index (χ3v) is 8.41. The lowest BCUT2D eigenvalue weighted by Crippen LogP contribution is -2.44. The molecule has 10 nitrogen and oxygen atoms in total. The topological polar surface area (TPSA) is 148 Å². The zero-order valence-electron chi connectivity index (χ0n) is 21.3. The summed E-state index contributed by atoms with van der Waals surface area (Å²) in [7, 11) is 0. The second-order valence-corrected chi connectivity index (χ2v) is 10.4. The van der Waals surface area contributed by atoms with Crippen molar-refractivity contribution < 1.29 is 33.7 Å². The minimum Gasteiger partial charge on any atom is -0.480 e. The average molecular weight is 536 g/mol. The molecule has 202 valence electrons. The third-order valence-electron chi connectivity index (χ3n) is 8.41. The quantitative estimate of drug-likeness (QED) is 0.249. The Balaban J connectivity index is 1.62. The number of pyridine rings is 2. The summed E-state index contributed by atoms with van der Waals surface area (Å²) in [4.78, 5) is 54.0. The van der Waals surface area contributed by atoms with Crippen LogP contribution >= 0.6 is 0 Å². The van der Waals surface area contributed by atoms with Gasteiger partial charge in [-0.15, -0.1) is 0 Å². The van der Waals surface area contributed by atoms with Crippen LogP contribution in [0.5, 0.6) is 0 Å². The van der Waals surface area contributed by atoms with Gasteiger partial charge in [-0.3, -0.25) is 14.9 Å². The molecule has 0 amide bonds. The first kappa shape index (κ1) is 25.3. The van der Waals surface area contributed by atoms with Crippen LogP contribution < -0.4 is 10.9 Å². The van der Waals surface area contributed by atoms with Crippen LogP contribution in [0.15, 0.2) is 16.9 Å². The fourth-order valence-electron chi connectivity index (χ4n) is 6.30. The van der Waals surface area contributed by atoms with Crippen LogP contribution in [0.2, 0.25) is 0 Å². The molecule has 3 N–H and O–H groups in total. The van der Waals surface area contributed by atoms with Gasteiger partial charge in [0.05, 0.1) is 29.0 Å². The van der Waals surface area contributed by atoms with Crippen molar-refractivity contribution in [1.82, 2.24) is 14.9 Å². The SMILES string of the molecule is CC[C@@]1(O)C(=O)OCc2c1cc1n(c2=O)Cc2c-1nc1cc(F)c(C)c3c1c2[C@@H](NC(CC=O)C(=O)O)CC3. The summed E-state index contributed by atoms with van der Waals surface area (Å²) < 4.78 is 21.6. The molecule has 0 spiro atoms. The Morgan fingerprint density at radius 1 is 1.33 bits per heavy atom. The summed E-state index contributed by atoms with van der Waals surface area (Å²) in [6, 6.07) is 1.29. The van der Waals surface area contributed by atoms with Gasteiger partial charge in [0.15, 0.2) is 5.60 Å². The standard InChI is InChI=1S/C28H26FN3O7/c1-3-28(38)16-8-21-24-14(10-32(21)25(34)15(16)11-39-27(28)37)23-18(30-19(6-7-33)26(35)36)5-4-13-12(2)17(29)9-20(31-24)22(13)23/h7-9,18-19,30,38H,3-6,10-11H2,1-2H3,(H,35,36)/t18-,19?,28-/m0/s1. The molecule has 3 aliphatic rings. The van der Waals surface area contributed by atoms with Crippen molar-refractivity contribution in [3.8, 4) is 11.4 Å². The van der Waals surface area contributed by atoms with Crippen molar-refractivity contribution >= 4 is 29.1 Å². The van der Waals surface area contributed by atoms with Crippen LogP contribution in [0.3, 0.4) is 0 Å². The van der Waals surface area contributed by atoms with Crippen molar-refractivity contribution in [3.63, 3.8) is 0 Å². The number of aliphatic carboxylic acids is 1. The van der Waals surface area contributed by atoms with E-state index in [0.717, 1.165) is 11.1 Å². The van der Waals surface area contributed by atoms with E-state index in [1.165, 1.54) is 10.6 Å². The first-order valence-electron chi connectivity index (χ1n) is 12.8. The normalized spacial score (nSPS) is 21.6. The van der Waals surface area contributed by atoms with Gasteiger partial charge in [0.25, 0.3) is 5.56 Å². The highest BCUT2D eigenvalue weighted by molar-refractivity contribution is 5.93. The highest BCUT2D eigenvalue weighted by Gasteiger charge is 2.46. The van der Waals surface area contributed by atoms with Crippen molar-refractivity contribution in [2.75, 3.05) is 0 Å². The molecule has 3 aromatic rings. The number of aryl methyl sites for hydroxylation is 1. The van der Waals surface area contributed by atoms with Gasteiger partial charge in [-0.05, 0) is 48.9 Å². The van der Waals surface area contributed by atoms with Gasteiger partial charge < -0.3 is 24.3 Å². The molecule has 0 bridgehead atoms. The summed E-state index contributed by atoms with van der Waals surface area (Å²) in [6.07, 6.45) is 1.24. The van der Waals surface area contributed by atoms with E-state index in [2.05, 4.69) is 5.32 Å². The largest absolute Gasteiger partial charge is 0.480 e. The first-order chi connectivity index (χ1) is 18.6. The van der Waals surface area contributed by atoms with E-state index < -0.39 is 41.0 Å². The highest BCUT2D eigenvalue weighted by Crippen LogP contribution is 2.46. The molecule has 1 unspecified atom stereocenters. The monoisotopic (exact) mass is 535 g/mol. The summed E-state index contributed by atoms with van der Waals surface area (Å²) in [5.74, 6) is -2.42. The number of cyclic esters (lactones) is 1. The zero-order valence-corrected chi connectivity index (χ0v) is 21.3. The maximum absolute atomic E-state index is 15.0. The van der Waals surface area contributed by atoms with Crippen LogP contribution in [-0.4, -0.2) is 44.0 Å². The van der Waals surface area contributed by atoms with Gasteiger partial charge in [-0.25, -0.2) is 14.2 Å². The number of esters is 1. The predicted molar refractivity (Wildman–Crippen MR) is 136 cm³/mol. The Bertz CT molecular complexity index is 1680. The number of aldehydes is 1. The molecule has 11 heteroatoms. The Hall–Kier alpha value is -3.96. The van der Waals surface area contributed by atoms with Gasteiger partial charge in [-0.1, -0.05) is 6.92 Å². The number of aliphatic hydroxyl groups is 1. The van der Waals surface area contributed by atoms with Crippen LogP contribution in [0.25, 0.3) is 22.3 Å². The number of fused-ring (bicyclic) bond motifs is 5. The van der Waals surface area contributed by atoms with E-state index in [1.54, 1.807) is 19.9 Å². The number of carboxylic acids is 1. The molecular formula is C28H26FN3O7. The Morgan fingerprint density at radius 3 is 2.79 bits per heavy atom. The third kappa shape index (κ3) is 3.49. The first-order valence-corrected chi connectivity index (χ1v) is 12.8. The number of hydrogen-bond acceptors (Lipinski definition) is 8. The maximum Gasteiger partial charge on any atom is 0.343 e. The van der Waals surface area contributed by atoms with E-state index in [0.29, 0.717) is 52.5 Å². The molecular weight excluding hydrogens is 509 g/mol. The molecule has 0 radical (unpaired) electrons. The summed E-state index contributed by atoms with van der Waals surface area (Å²) in [5.41, 5.74) is 1.73. The Labute approximate surface area is 221 Å². The van der Waals surface area contributed by atoms with Gasteiger partial charge in [-0.2, -0.15) is 0 Å². The molecule has 1 aromatic carbocycles. The number of hydrogen-bond donors (Lipinski definition) is 3. The Kier molecular flexibility index (Phi) is 5.70. The molecule has 3 atom stereocenters. The van der Waals surface area contributed by atoms with E-state index in [1.807, 2.05) is 0 Å². The number of carboxylic acid groups (broad SMARTS) is 1. The number of nitrogens with zero attached hydrogens (tertiary/aromatic N) is 2. The minimum absolute atomic E-state index is 0.00185. The fourth-order valence-corrected chi connectivity index (χ4v) is 6.30. The molecule has 0 fully saturated rings. The van der Waals surface area contributed by atoms with Crippen LogP contribution in [0.1, 0.15) is 65.6 Å². The van der Waals surface area contributed by atoms with Crippen LogP contribution in [0.4, 0.5) is 4.39 Å². The number of carbonyl (C=O) groups is 3. The van der Waals surface area contributed by atoms with Crippen molar-refractivity contribution in [3.05, 3.63) is 61.7 Å². The minimum atomic E-state index is -1.99. The smallest absolute Gasteiger partial charge is 0.343 e. The molecule has 2 aromatic heterocycles. The highest BCUT2D eigenvalue weighted by atomic mass is 19.1. The van der Waals surface area contributed by atoms with E-state index in [9.17, 15) is 33.8 Å². The number of nitrogens with one attached hydrogen (secondary N) is 1. The van der Waals surface area contributed by atoms with E-state index in [-0.39, 0.29) is 37.1 Å². The number of benzene rings is 1. The second kappa shape index (κ2) is 8.78. The molecule has 2 aliphatic heterocycles. The second-order valence-electron chi connectivity index (χ2n) is 10.4. The average Bonchev–Trinajstić information content (AvgIpc) is 3.28. The van der Waals surface area contributed by atoms with Gasteiger partial charge in [0, 0.05) is 35.0 Å². The van der Waals surface area contributed by atoms with Gasteiger partial charge >= 0.3 is 11.9 Å². The lowest BCUT2D eigenvalue weighted by Gasteiger charge is -2.31. The summed E-state index contributed by atoms with van der Waals surface area (Å²) in [5, 5.41) is 24.7. The molecule has 0 saturated heterocycles. The molecule has 4 heterocycles. The van der Waals surface area contributed by atoms with Crippen molar-refractivity contribution in [1.29, 1.82) is 0 Å². The molecule has 6 rings (SSSR count). The predicted octanol–water partition coefficient (Wildman–Crippen LogP) is 2.15. The Morgan fingerprint density at radius 2 is 2.10 bits per heavy atom. The maximum atomic E-state index is 15.0. The molecule has 0 saturated carbocycles. The number of halogens is 1. The summed E-state index contributed by atoms with van der Waals surface area (Å²) >= 11 is 0. The van der Waals surface area contributed by atoms with Crippen molar-refractivity contribution in [2.24, 2.45) is 0 Å². The lowest BCUT2D eigenvalue weighted by atomic mass is 9.81. The molecule has 1 aliphatic carbocycles. The lowest BCUT2D eigenvalue weighted by molar-refractivity contribution is -0.172. The van der Waals surface area contributed by atoms with Gasteiger partial charge in [0.2, 0.25) is 0 Å². The van der Waals surface area contributed by atoms with Gasteiger partial charge in [0.1, 0.15) is 24.8 Å². The fraction of sp³-hybridized carbons (Fsp3) is 0.393. The summed E-state index contributed by atoms with van der Waals surface area (Å²) in [6.45, 7) is 3.16. The molecule has 39 heavy (non-hydrogen) atoms. The number of rotatable bonds is 6. The van der Waals surface area contributed by atoms with E-state index >= 15 is 0 Å². The van der Waals surface area contributed by atoms with Crippen LogP contribution in [-0.2, 0) is 44.3 Å². The number of carbonyl (C=O) groups excluding carboxylic acids is 2. The number of ether oxygens (including phenoxy) is 1. The van der Waals surface area contributed by atoms with Crippen molar-refractivity contribution in [2.45, 2.75) is 70.4 Å². The van der Waals surface area contributed by atoms with Crippen LogP contribution in [0, 0.1) is 12.7 Å².